The van der Waals surface area contributed by atoms with E-state index in [4.69, 9.17) is 9.47 Å². The quantitative estimate of drug-likeness (QED) is 0.628. The fraction of sp³-hybridized carbons (Fsp3) is 0.348. The Bertz CT molecular complexity index is 847. The van der Waals surface area contributed by atoms with E-state index >= 15 is 0 Å². The first-order valence-corrected chi connectivity index (χ1v) is 9.76. The lowest BCUT2D eigenvalue weighted by Gasteiger charge is -2.20. The molecule has 1 aliphatic rings. The molecule has 0 fully saturated rings. The van der Waals surface area contributed by atoms with Gasteiger partial charge in [-0.2, -0.15) is 0 Å². The van der Waals surface area contributed by atoms with E-state index < -0.39 is 0 Å². The minimum absolute atomic E-state index is 0.0810. The van der Waals surface area contributed by atoms with Crippen LogP contribution in [-0.4, -0.2) is 19.1 Å². The van der Waals surface area contributed by atoms with Crippen LogP contribution in [0.2, 0.25) is 0 Å². The number of unbranched alkanes of at least 4 members (excludes halogenated alkanes) is 1. The van der Waals surface area contributed by atoms with E-state index in [0.29, 0.717) is 25.2 Å². The van der Waals surface area contributed by atoms with E-state index in [9.17, 15) is 9.18 Å². The van der Waals surface area contributed by atoms with Gasteiger partial charge in [0.05, 0.1) is 0 Å². The zero-order chi connectivity index (χ0) is 19.8. The molecule has 0 spiro atoms. The van der Waals surface area contributed by atoms with E-state index in [1.807, 2.05) is 30.3 Å². The molecule has 4 nitrogen and oxygen atoms in total. The highest BCUT2D eigenvalue weighted by molar-refractivity contribution is 5.80. The molecule has 0 saturated heterocycles. The molecule has 0 saturated carbocycles. The molecule has 0 radical (unpaired) electrons. The smallest absolute Gasteiger partial charge is 0.220 e. The molecular weight excluding hydrogens is 357 g/mol. The lowest BCUT2D eigenvalue weighted by molar-refractivity contribution is -0.120. The van der Waals surface area contributed by atoms with Gasteiger partial charge in [0.1, 0.15) is 30.5 Å². The molecule has 2 aromatic rings. The lowest BCUT2D eigenvalue weighted by Crippen LogP contribution is -2.24. The predicted molar refractivity (Wildman–Crippen MR) is 108 cm³/mol. The molecule has 1 N–H and O–H groups in total. The van der Waals surface area contributed by atoms with E-state index in [1.54, 1.807) is 6.07 Å². The van der Waals surface area contributed by atoms with Crippen LogP contribution >= 0.6 is 0 Å². The molecule has 2 aromatic carbocycles. The molecule has 3 rings (SSSR count). The van der Waals surface area contributed by atoms with Crippen LogP contribution in [0, 0.1) is 5.82 Å². The van der Waals surface area contributed by atoms with Gasteiger partial charge in [0.15, 0.2) is 0 Å². The van der Waals surface area contributed by atoms with Gasteiger partial charge in [0.25, 0.3) is 0 Å². The van der Waals surface area contributed by atoms with Crippen molar-refractivity contribution in [3.05, 3.63) is 65.5 Å². The first-order valence-electron chi connectivity index (χ1n) is 9.76. The molecule has 148 valence electrons. The molecule has 5 heteroatoms. The molecule has 1 amide bonds. The average molecular weight is 383 g/mol. The minimum Gasteiger partial charge on any atom is -0.489 e. The van der Waals surface area contributed by atoms with Gasteiger partial charge >= 0.3 is 0 Å². The summed E-state index contributed by atoms with van der Waals surface area (Å²) >= 11 is 0. The number of nitrogens with one attached hydrogen (secondary N) is 1. The monoisotopic (exact) mass is 383 g/mol. The van der Waals surface area contributed by atoms with Gasteiger partial charge in [0.2, 0.25) is 5.91 Å². The highest BCUT2D eigenvalue weighted by atomic mass is 19.1. The van der Waals surface area contributed by atoms with Crippen molar-refractivity contribution in [3.8, 4) is 11.5 Å². The van der Waals surface area contributed by atoms with Crippen LogP contribution in [0.1, 0.15) is 43.7 Å². The Balaban J connectivity index is 1.57. The number of amides is 1. The van der Waals surface area contributed by atoms with Crippen molar-refractivity contribution in [2.75, 3.05) is 13.2 Å². The number of hydrogen-bond donors (Lipinski definition) is 1. The topological polar surface area (TPSA) is 47.6 Å². The number of rotatable bonds is 9. The summed E-state index contributed by atoms with van der Waals surface area (Å²) in [4.78, 5) is 12.0. The number of ether oxygens (including phenoxy) is 2. The van der Waals surface area contributed by atoms with Gasteiger partial charge in [-0.1, -0.05) is 25.5 Å². The summed E-state index contributed by atoms with van der Waals surface area (Å²) in [6, 6.07) is 12.0. The number of carbonyl (C=O) groups excluding carboxylic acids is 1. The van der Waals surface area contributed by atoms with E-state index in [1.165, 1.54) is 12.1 Å². The minimum atomic E-state index is -0.275. The summed E-state index contributed by atoms with van der Waals surface area (Å²) in [6.07, 6.45) is 5.24. The van der Waals surface area contributed by atoms with Gasteiger partial charge in [-0.15, -0.1) is 0 Å². The fourth-order valence-corrected chi connectivity index (χ4v) is 3.09. The van der Waals surface area contributed by atoms with Gasteiger partial charge in [-0.25, -0.2) is 4.39 Å². The molecule has 0 atom stereocenters. The summed E-state index contributed by atoms with van der Waals surface area (Å²) in [5, 5.41) is 2.95. The number of allylic oxidation sites excluding steroid dienone is 1. The highest BCUT2D eigenvalue weighted by Gasteiger charge is 2.16. The maximum Gasteiger partial charge on any atom is 0.220 e. The Morgan fingerprint density at radius 3 is 2.96 bits per heavy atom. The maximum absolute atomic E-state index is 13.3. The second kappa shape index (κ2) is 9.93. The van der Waals surface area contributed by atoms with Gasteiger partial charge in [-0.3, -0.25) is 4.79 Å². The Hall–Kier alpha value is -2.82. The first-order chi connectivity index (χ1) is 13.7. The number of fused-ring (bicyclic) bond motifs is 1. The summed E-state index contributed by atoms with van der Waals surface area (Å²) in [7, 11) is 0. The van der Waals surface area contributed by atoms with Crippen molar-refractivity contribution in [3.63, 3.8) is 0 Å². The molecule has 1 heterocycles. The maximum atomic E-state index is 13.3. The SMILES string of the molecule is CCCCNC(=O)CCC1=CCOc2cc(OCc3cccc(F)c3)ccc21. The van der Waals surface area contributed by atoms with Crippen molar-refractivity contribution >= 4 is 11.5 Å². The Morgan fingerprint density at radius 2 is 2.14 bits per heavy atom. The van der Waals surface area contributed by atoms with E-state index in [-0.39, 0.29) is 18.3 Å². The molecule has 0 bridgehead atoms. The van der Waals surface area contributed by atoms with Crippen molar-refractivity contribution in [2.45, 2.75) is 39.2 Å². The van der Waals surface area contributed by atoms with Crippen LogP contribution in [0.3, 0.4) is 0 Å². The lowest BCUT2D eigenvalue weighted by atomic mass is 9.98. The second-order valence-corrected chi connectivity index (χ2v) is 6.82. The largest absolute Gasteiger partial charge is 0.489 e. The Kier molecular flexibility index (Phi) is 7.06. The third-order valence-electron chi connectivity index (χ3n) is 4.64. The summed E-state index contributed by atoms with van der Waals surface area (Å²) in [5.41, 5.74) is 2.88. The zero-order valence-electron chi connectivity index (χ0n) is 16.2. The summed E-state index contributed by atoms with van der Waals surface area (Å²) in [6.45, 7) is 3.61. The Labute approximate surface area is 165 Å². The van der Waals surface area contributed by atoms with Crippen LogP contribution in [0.15, 0.2) is 48.5 Å². The van der Waals surface area contributed by atoms with Crippen molar-refractivity contribution in [1.29, 1.82) is 0 Å². The number of benzene rings is 2. The summed E-state index contributed by atoms with van der Waals surface area (Å²) < 4.78 is 24.8. The first kappa shape index (κ1) is 19.9. The van der Waals surface area contributed by atoms with Crippen LogP contribution in [0.4, 0.5) is 4.39 Å². The fourth-order valence-electron chi connectivity index (χ4n) is 3.09. The normalized spacial score (nSPS) is 12.6. The van der Waals surface area contributed by atoms with Gasteiger partial charge in [-0.05, 0) is 54.3 Å². The number of hydrogen-bond acceptors (Lipinski definition) is 3. The average Bonchev–Trinajstić information content (AvgIpc) is 2.70. The molecule has 0 aromatic heterocycles. The van der Waals surface area contributed by atoms with Crippen LogP contribution < -0.4 is 14.8 Å². The summed E-state index contributed by atoms with van der Waals surface area (Å²) in [5.74, 6) is 1.23. The third-order valence-corrected chi connectivity index (χ3v) is 4.64. The van der Waals surface area contributed by atoms with Crippen LogP contribution in [0.5, 0.6) is 11.5 Å². The third kappa shape index (κ3) is 5.59. The van der Waals surface area contributed by atoms with E-state index in [2.05, 4.69) is 12.2 Å². The zero-order valence-corrected chi connectivity index (χ0v) is 16.2. The van der Waals surface area contributed by atoms with Crippen LogP contribution in [-0.2, 0) is 11.4 Å². The number of carbonyl (C=O) groups is 1. The number of halogens is 1. The molecule has 1 aliphatic heterocycles. The van der Waals surface area contributed by atoms with Crippen molar-refractivity contribution < 1.29 is 18.7 Å². The molecule has 0 aliphatic carbocycles. The van der Waals surface area contributed by atoms with E-state index in [0.717, 1.165) is 41.8 Å². The molecule has 0 unspecified atom stereocenters. The standard InChI is InChI=1S/C23H26FNO3/c1-2-3-12-25-23(26)10-7-18-11-13-27-22-15-20(8-9-21(18)22)28-16-17-5-4-6-19(24)14-17/h4-6,8-9,11,14-15H,2-3,7,10,12-13,16H2,1H3,(H,25,26). The van der Waals surface area contributed by atoms with Crippen molar-refractivity contribution in [1.82, 2.24) is 5.32 Å². The van der Waals surface area contributed by atoms with Crippen LogP contribution in [0.25, 0.3) is 5.57 Å². The highest BCUT2D eigenvalue weighted by Crippen LogP contribution is 2.35. The molecule has 28 heavy (non-hydrogen) atoms. The predicted octanol–water partition coefficient (Wildman–Crippen LogP) is 4.88. The Morgan fingerprint density at radius 1 is 1.25 bits per heavy atom. The van der Waals surface area contributed by atoms with Gasteiger partial charge < -0.3 is 14.8 Å². The van der Waals surface area contributed by atoms with Crippen molar-refractivity contribution in [2.24, 2.45) is 0 Å². The van der Waals surface area contributed by atoms with Gasteiger partial charge in [0, 0.05) is 24.6 Å². The second-order valence-electron chi connectivity index (χ2n) is 6.82. The molecular formula is C23H26FNO3.